The van der Waals surface area contributed by atoms with Crippen LogP contribution >= 0.6 is 36.2 Å². The van der Waals surface area contributed by atoms with Crippen molar-refractivity contribution in [2.45, 2.75) is 65.5 Å². The third kappa shape index (κ3) is 5.61. The molecule has 0 aromatic carbocycles. The molecular weight excluding hydrogens is 347 g/mol. The minimum absolute atomic E-state index is 0. The van der Waals surface area contributed by atoms with Crippen molar-refractivity contribution in [2.24, 2.45) is 0 Å². The summed E-state index contributed by atoms with van der Waals surface area (Å²) in [6, 6.07) is 0. The molecule has 3 rings (SSSR count). The summed E-state index contributed by atoms with van der Waals surface area (Å²) in [6.45, 7) is 12.3. The van der Waals surface area contributed by atoms with Crippen molar-refractivity contribution in [1.29, 1.82) is 0 Å². The zero-order valence-electron chi connectivity index (χ0n) is 14.6. The van der Waals surface area contributed by atoms with Crippen LogP contribution < -0.4 is 0 Å². The number of nitrogens with zero attached hydrogens (tertiary/aromatic N) is 2. The second kappa shape index (κ2) is 10.2. The van der Waals surface area contributed by atoms with Crippen LogP contribution in [0.3, 0.4) is 0 Å². The minimum Gasteiger partial charge on any atom is -0.299 e. The molecule has 5 heteroatoms. The molecule has 0 radical (unpaired) electrons. The number of piperidine rings is 2. The topological polar surface area (TPSA) is 6.48 Å². The number of thiophene rings is 1. The minimum atomic E-state index is 0. The smallest absolute Gasteiger partial charge is 0.0248 e. The number of likely N-dealkylation sites (tertiary alicyclic amines) is 2. The Labute approximate surface area is 158 Å². The molecule has 134 valence electrons. The lowest BCUT2D eigenvalue weighted by molar-refractivity contribution is 0.209. The fourth-order valence-electron chi connectivity index (χ4n) is 3.87. The van der Waals surface area contributed by atoms with Gasteiger partial charge in [-0.15, -0.1) is 36.2 Å². The maximum absolute atomic E-state index is 2.68. The fourth-order valence-corrected chi connectivity index (χ4v) is 4.95. The van der Waals surface area contributed by atoms with Crippen molar-refractivity contribution in [2.75, 3.05) is 26.2 Å². The van der Waals surface area contributed by atoms with Crippen molar-refractivity contribution in [3.05, 3.63) is 20.9 Å². The average Bonchev–Trinajstić information content (AvgIpc) is 2.76. The maximum Gasteiger partial charge on any atom is 0.0248 e. The molecule has 2 fully saturated rings. The highest BCUT2D eigenvalue weighted by atomic mass is 35.5. The Bertz CT molecular complexity index is 423. The summed E-state index contributed by atoms with van der Waals surface area (Å²) in [7, 11) is 0. The first-order valence-electron chi connectivity index (χ1n) is 8.76. The number of hydrogen-bond acceptors (Lipinski definition) is 3. The Balaban J connectivity index is 0.00000132. The molecule has 1 aromatic rings. The monoisotopic (exact) mass is 378 g/mol. The maximum atomic E-state index is 2.68. The van der Waals surface area contributed by atoms with E-state index in [1.165, 1.54) is 77.8 Å². The Kier molecular flexibility index (Phi) is 9.47. The van der Waals surface area contributed by atoms with E-state index in [1.54, 1.807) is 20.9 Å². The molecule has 1 aromatic heterocycles. The number of halogens is 2. The Morgan fingerprint density at radius 2 is 1.00 bits per heavy atom. The molecule has 0 N–H and O–H groups in total. The van der Waals surface area contributed by atoms with Crippen LogP contribution in [0, 0.1) is 13.8 Å². The van der Waals surface area contributed by atoms with Crippen LogP contribution in [0.2, 0.25) is 0 Å². The first-order chi connectivity index (χ1) is 10.2. The third-order valence-corrected chi connectivity index (χ3v) is 6.29. The molecule has 0 saturated carbocycles. The van der Waals surface area contributed by atoms with Crippen molar-refractivity contribution >= 4 is 36.2 Å². The third-order valence-electron chi connectivity index (χ3n) is 5.18. The molecule has 0 amide bonds. The molecule has 2 saturated heterocycles. The standard InChI is InChI=1S/C18H30N2S.2ClH/c1-15-17(13-19-9-5-3-6-10-19)18(16(2)21-15)14-20-11-7-4-8-12-20;;/h3-14H2,1-2H3;2*1H. The van der Waals surface area contributed by atoms with Gasteiger partial charge >= 0.3 is 0 Å². The van der Waals surface area contributed by atoms with Gasteiger partial charge in [0.25, 0.3) is 0 Å². The molecule has 0 bridgehead atoms. The molecule has 0 spiro atoms. The van der Waals surface area contributed by atoms with Crippen LogP contribution in [-0.4, -0.2) is 36.0 Å². The summed E-state index contributed by atoms with van der Waals surface area (Å²) < 4.78 is 0. The number of rotatable bonds is 4. The molecule has 0 atom stereocenters. The van der Waals surface area contributed by atoms with Crippen LogP contribution in [0.15, 0.2) is 0 Å². The summed E-state index contributed by atoms with van der Waals surface area (Å²) in [4.78, 5) is 8.48. The van der Waals surface area contributed by atoms with Gasteiger partial charge in [-0.3, -0.25) is 9.80 Å². The van der Waals surface area contributed by atoms with Crippen LogP contribution in [0.1, 0.15) is 59.4 Å². The predicted molar refractivity (Wildman–Crippen MR) is 107 cm³/mol. The number of aryl methyl sites for hydroxylation is 2. The van der Waals surface area contributed by atoms with Gasteiger partial charge in [0.1, 0.15) is 0 Å². The van der Waals surface area contributed by atoms with Gasteiger partial charge in [0.2, 0.25) is 0 Å². The zero-order valence-corrected chi connectivity index (χ0v) is 17.1. The van der Waals surface area contributed by atoms with Gasteiger partial charge in [0, 0.05) is 22.8 Å². The van der Waals surface area contributed by atoms with Gasteiger partial charge in [-0.1, -0.05) is 12.8 Å². The normalized spacial score (nSPS) is 19.9. The van der Waals surface area contributed by atoms with Gasteiger partial charge in [0.05, 0.1) is 0 Å². The summed E-state index contributed by atoms with van der Waals surface area (Å²) in [5, 5.41) is 0. The first kappa shape index (κ1) is 21.2. The Morgan fingerprint density at radius 1 is 0.652 bits per heavy atom. The molecule has 0 aliphatic carbocycles. The predicted octanol–water partition coefficient (Wildman–Crippen LogP) is 5.18. The van der Waals surface area contributed by atoms with Crippen LogP contribution in [0.25, 0.3) is 0 Å². The zero-order chi connectivity index (χ0) is 14.7. The second-order valence-electron chi connectivity index (χ2n) is 6.85. The SMILES string of the molecule is Cc1sc(C)c(CN2CCCCC2)c1CN1CCCCC1.Cl.Cl. The van der Waals surface area contributed by atoms with Crippen LogP contribution in [-0.2, 0) is 13.1 Å². The Hall–Kier alpha value is 0.200. The lowest BCUT2D eigenvalue weighted by Gasteiger charge is -2.29. The van der Waals surface area contributed by atoms with Gasteiger partial charge in [-0.2, -0.15) is 0 Å². The van der Waals surface area contributed by atoms with Crippen molar-refractivity contribution < 1.29 is 0 Å². The largest absolute Gasteiger partial charge is 0.299 e. The average molecular weight is 379 g/mol. The fraction of sp³-hybridized carbons (Fsp3) is 0.778. The summed E-state index contributed by atoms with van der Waals surface area (Å²) in [5.74, 6) is 0. The summed E-state index contributed by atoms with van der Waals surface area (Å²) in [6.07, 6.45) is 8.43. The molecular formula is C18H32Cl2N2S. The van der Waals surface area contributed by atoms with E-state index < -0.39 is 0 Å². The lowest BCUT2D eigenvalue weighted by atomic mass is 10.0. The lowest BCUT2D eigenvalue weighted by Crippen LogP contribution is -2.31. The summed E-state index contributed by atoms with van der Waals surface area (Å²) in [5.41, 5.74) is 3.31. The summed E-state index contributed by atoms with van der Waals surface area (Å²) >= 11 is 2.02. The first-order valence-corrected chi connectivity index (χ1v) is 9.58. The quantitative estimate of drug-likeness (QED) is 0.711. The number of hydrogen-bond donors (Lipinski definition) is 0. The van der Waals surface area contributed by atoms with Crippen molar-refractivity contribution in [3.63, 3.8) is 0 Å². The highest BCUT2D eigenvalue weighted by molar-refractivity contribution is 7.12. The van der Waals surface area contributed by atoms with E-state index in [1.807, 2.05) is 11.3 Å². The molecule has 3 heterocycles. The highest BCUT2D eigenvalue weighted by Gasteiger charge is 2.20. The molecule has 2 aliphatic heterocycles. The molecule has 2 nitrogen and oxygen atoms in total. The van der Waals surface area contributed by atoms with E-state index in [9.17, 15) is 0 Å². The molecule has 23 heavy (non-hydrogen) atoms. The van der Waals surface area contributed by atoms with E-state index in [4.69, 9.17) is 0 Å². The molecule has 0 unspecified atom stereocenters. The van der Waals surface area contributed by atoms with Gasteiger partial charge in [-0.05, 0) is 76.8 Å². The van der Waals surface area contributed by atoms with Gasteiger partial charge in [0.15, 0.2) is 0 Å². The van der Waals surface area contributed by atoms with Crippen LogP contribution in [0.5, 0.6) is 0 Å². The van der Waals surface area contributed by atoms with E-state index in [-0.39, 0.29) is 24.8 Å². The highest BCUT2D eigenvalue weighted by Crippen LogP contribution is 2.31. The Morgan fingerprint density at radius 3 is 1.35 bits per heavy atom. The van der Waals surface area contributed by atoms with Gasteiger partial charge in [-0.25, -0.2) is 0 Å². The van der Waals surface area contributed by atoms with Crippen molar-refractivity contribution in [3.8, 4) is 0 Å². The van der Waals surface area contributed by atoms with E-state index in [2.05, 4.69) is 23.6 Å². The molecule has 2 aliphatic rings. The van der Waals surface area contributed by atoms with E-state index in [0.717, 1.165) is 0 Å². The van der Waals surface area contributed by atoms with E-state index in [0.29, 0.717) is 0 Å². The van der Waals surface area contributed by atoms with E-state index >= 15 is 0 Å². The van der Waals surface area contributed by atoms with Crippen LogP contribution in [0.4, 0.5) is 0 Å². The second-order valence-corrected chi connectivity index (χ2v) is 8.27. The van der Waals surface area contributed by atoms with Gasteiger partial charge < -0.3 is 0 Å². The van der Waals surface area contributed by atoms with Crippen molar-refractivity contribution in [1.82, 2.24) is 9.80 Å².